The summed E-state index contributed by atoms with van der Waals surface area (Å²) in [6, 6.07) is 10.6. The number of nitrogens with zero attached hydrogens (tertiary/aromatic N) is 1. The Morgan fingerprint density at radius 2 is 2.05 bits per heavy atom. The topological polar surface area (TPSA) is 50.9 Å². The average molecular weight is 319 g/mol. The molecular formula is C16H21N3S2. The van der Waals surface area contributed by atoms with Crippen LogP contribution in [0.2, 0.25) is 0 Å². The molecule has 1 aromatic heterocycles. The van der Waals surface area contributed by atoms with Gasteiger partial charge in [0.1, 0.15) is 0 Å². The van der Waals surface area contributed by atoms with Gasteiger partial charge < -0.3 is 0 Å². The van der Waals surface area contributed by atoms with Crippen LogP contribution in [-0.4, -0.2) is 26.5 Å². The van der Waals surface area contributed by atoms with E-state index in [1.807, 2.05) is 35.8 Å². The largest absolute Gasteiger partial charge is 0.271 e. The Hall–Kier alpha value is -0.750. The Morgan fingerprint density at radius 3 is 2.81 bits per heavy atom. The SMILES string of the molecule is CC1SCC(C(NN)c2cccc3cccnc23)SC1C. The highest BCUT2D eigenvalue weighted by molar-refractivity contribution is 8.07. The number of nitrogens with one attached hydrogen (secondary N) is 1. The first-order chi connectivity index (χ1) is 10.2. The normalized spacial score (nSPS) is 27.7. The Morgan fingerprint density at radius 1 is 1.24 bits per heavy atom. The van der Waals surface area contributed by atoms with Gasteiger partial charge in [-0.05, 0) is 11.6 Å². The van der Waals surface area contributed by atoms with Crippen LogP contribution < -0.4 is 11.3 Å². The summed E-state index contributed by atoms with van der Waals surface area (Å²) in [6.45, 7) is 4.62. The van der Waals surface area contributed by atoms with Crippen molar-refractivity contribution in [2.75, 3.05) is 5.75 Å². The summed E-state index contributed by atoms with van der Waals surface area (Å²) in [5.74, 6) is 7.03. The first-order valence-electron chi connectivity index (χ1n) is 7.27. The van der Waals surface area contributed by atoms with E-state index in [1.54, 1.807) is 0 Å². The molecule has 0 amide bonds. The fourth-order valence-electron chi connectivity index (χ4n) is 2.76. The third-order valence-corrected chi connectivity index (χ3v) is 7.62. The lowest BCUT2D eigenvalue weighted by Crippen LogP contribution is -2.40. The van der Waals surface area contributed by atoms with Gasteiger partial charge in [0, 0.05) is 33.1 Å². The van der Waals surface area contributed by atoms with Crippen LogP contribution in [0.1, 0.15) is 25.5 Å². The maximum atomic E-state index is 5.91. The number of para-hydroxylation sites is 1. The van der Waals surface area contributed by atoms with Crippen LogP contribution in [0.25, 0.3) is 10.9 Å². The van der Waals surface area contributed by atoms with Gasteiger partial charge in [-0.2, -0.15) is 23.5 Å². The van der Waals surface area contributed by atoms with Crippen molar-refractivity contribution in [3.05, 3.63) is 42.1 Å². The van der Waals surface area contributed by atoms with Gasteiger partial charge >= 0.3 is 0 Å². The lowest BCUT2D eigenvalue weighted by molar-refractivity contribution is 0.552. The predicted octanol–water partition coefficient (Wildman–Crippen LogP) is 3.36. The number of hydrogen-bond acceptors (Lipinski definition) is 5. The molecule has 21 heavy (non-hydrogen) atoms. The van der Waals surface area contributed by atoms with Crippen molar-refractivity contribution < 1.29 is 0 Å². The highest BCUT2D eigenvalue weighted by Crippen LogP contribution is 2.41. The standard InChI is InChI=1S/C16H21N3S2/c1-10-11(2)21-14(9-20-10)16(19-17)13-7-3-5-12-6-4-8-18-15(12)13/h3-8,10-11,14,16,19H,9,17H2,1-2H3. The zero-order valence-corrected chi connectivity index (χ0v) is 14.0. The van der Waals surface area contributed by atoms with Crippen LogP contribution in [0.4, 0.5) is 0 Å². The van der Waals surface area contributed by atoms with E-state index in [1.165, 1.54) is 10.9 Å². The fraction of sp³-hybridized carbons (Fsp3) is 0.438. The summed E-state index contributed by atoms with van der Waals surface area (Å²) < 4.78 is 0. The zero-order chi connectivity index (χ0) is 14.8. The summed E-state index contributed by atoms with van der Waals surface area (Å²) in [6.07, 6.45) is 1.85. The second-order valence-electron chi connectivity index (χ2n) is 5.48. The number of hydrogen-bond donors (Lipinski definition) is 2. The van der Waals surface area contributed by atoms with Crippen molar-refractivity contribution in [2.24, 2.45) is 5.84 Å². The number of pyridine rings is 1. The summed E-state index contributed by atoms with van der Waals surface area (Å²) in [5.41, 5.74) is 5.30. The molecule has 0 aliphatic carbocycles. The second-order valence-corrected chi connectivity index (χ2v) is 8.52. The third kappa shape index (κ3) is 3.06. The minimum Gasteiger partial charge on any atom is -0.271 e. The van der Waals surface area contributed by atoms with Gasteiger partial charge in [-0.3, -0.25) is 16.3 Å². The third-order valence-electron chi connectivity index (χ3n) is 4.12. The van der Waals surface area contributed by atoms with Gasteiger partial charge in [-0.15, -0.1) is 0 Å². The molecule has 2 heterocycles. The predicted molar refractivity (Wildman–Crippen MR) is 94.6 cm³/mol. The lowest BCUT2D eigenvalue weighted by atomic mass is 10.0. The number of hydrazine groups is 1. The van der Waals surface area contributed by atoms with Gasteiger partial charge in [-0.25, -0.2) is 0 Å². The van der Waals surface area contributed by atoms with Crippen molar-refractivity contribution in [1.29, 1.82) is 0 Å². The van der Waals surface area contributed by atoms with E-state index in [-0.39, 0.29) is 6.04 Å². The van der Waals surface area contributed by atoms with Gasteiger partial charge in [0.15, 0.2) is 0 Å². The molecule has 1 saturated heterocycles. The number of fused-ring (bicyclic) bond motifs is 1. The molecule has 0 spiro atoms. The summed E-state index contributed by atoms with van der Waals surface area (Å²) in [7, 11) is 0. The molecule has 1 aromatic carbocycles. The smallest absolute Gasteiger partial charge is 0.0750 e. The van der Waals surface area contributed by atoms with Crippen molar-refractivity contribution in [2.45, 2.75) is 35.6 Å². The number of benzene rings is 1. The van der Waals surface area contributed by atoms with Crippen LogP contribution >= 0.6 is 23.5 Å². The minimum absolute atomic E-state index is 0.135. The van der Waals surface area contributed by atoms with E-state index >= 15 is 0 Å². The average Bonchev–Trinajstić information content (AvgIpc) is 2.52. The first-order valence-corrected chi connectivity index (χ1v) is 9.26. The van der Waals surface area contributed by atoms with Gasteiger partial charge in [0.2, 0.25) is 0 Å². The van der Waals surface area contributed by atoms with Crippen molar-refractivity contribution in [3.8, 4) is 0 Å². The van der Waals surface area contributed by atoms with Gasteiger partial charge in [0.05, 0.1) is 11.6 Å². The van der Waals surface area contributed by atoms with Gasteiger partial charge in [-0.1, -0.05) is 38.1 Å². The molecule has 1 fully saturated rings. The van der Waals surface area contributed by atoms with Crippen molar-refractivity contribution in [1.82, 2.24) is 10.4 Å². The molecular weight excluding hydrogens is 298 g/mol. The molecule has 2 aromatic rings. The van der Waals surface area contributed by atoms with Crippen LogP contribution in [0.5, 0.6) is 0 Å². The van der Waals surface area contributed by atoms with Crippen LogP contribution in [0.3, 0.4) is 0 Å². The molecule has 4 atom stereocenters. The molecule has 3 rings (SSSR count). The molecule has 3 N–H and O–H groups in total. The highest BCUT2D eigenvalue weighted by Gasteiger charge is 2.32. The Bertz CT molecular complexity index is 614. The molecule has 1 aliphatic heterocycles. The van der Waals surface area contributed by atoms with E-state index < -0.39 is 0 Å². The van der Waals surface area contributed by atoms with E-state index in [2.05, 4.69) is 48.5 Å². The Labute approximate surface area is 134 Å². The van der Waals surface area contributed by atoms with Crippen LogP contribution in [-0.2, 0) is 0 Å². The Kier molecular flexibility index (Phi) is 4.74. The fourth-order valence-corrected chi connectivity index (χ4v) is 5.85. The van der Waals surface area contributed by atoms with E-state index in [9.17, 15) is 0 Å². The zero-order valence-electron chi connectivity index (χ0n) is 12.3. The summed E-state index contributed by atoms with van der Waals surface area (Å²) in [5, 5.41) is 2.99. The van der Waals surface area contributed by atoms with Gasteiger partial charge in [0.25, 0.3) is 0 Å². The monoisotopic (exact) mass is 319 g/mol. The van der Waals surface area contributed by atoms with Crippen molar-refractivity contribution in [3.63, 3.8) is 0 Å². The maximum absolute atomic E-state index is 5.91. The molecule has 5 heteroatoms. The quantitative estimate of drug-likeness (QED) is 0.671. The van der Waals surface area contributed by atoms with Crippen LogP contribution in [0.15, 0.2) is 36.5 Å². The van der Waals surface area contributed by atoms with E-state index in [0.29, 0.717) is 15.7 Å². The number of nitrogens with two attached hydrogens (primary N) is 1. The van der Waals surface area contributed by atoms with E-state index in [4.69, 9.17) is 5.84 Å². The molecule has 112 valence electrons. The molecule has 4 unspecified atom stereocenters. The van der Waals surface area contributed by atoms with Crippen LogP contribution in [0, 0.1) is 0 Å². The number of aromatic nitrogens is 1. The lowest BCUT2D eigenvalue weighted by Gasteiger charge is -2.36. The maximum Gasteiger partial charge on any atom is 0.0750 e. The highest BCUT2D eigenvalue weighted by atomic mass is 32.2. The molecule has 3 nitrogen and oxygen atoms in total. The molecule has 0 saturated carbocycles. The first kappa shape index (κ1) is 15.2. The minimum atomic E-state index is 0.135. The number of rotatable bonds is 3. The van der Waals surface area contributed by atoms with Crippen molar-refractivity contribution >= 4 is 34.4 Å². The molecule has 1 aliphatic rings. The number of thioether (sulfide) groups is 2. The summed E-state index contributed by atoms with van der Waals surface area (Å²) >= 11 is 4.08. The summed E-state index contributed by atoms with van der Waals surface area (Å²) in [4.78, 5) is 4.57. The Balaban J connectivity index is 1.95. The molecule has 0 bridgehead atoms. The molecule has 0 radical (unpaired) electrons. The van der Waals surface area contributed by atoms with E-state index in [0.717, 1.165) is 11.3 Å². The second kappa shape index (κ2) is 6.57.